The number of aryl methyl sites for hydroxylation is 2. The first-order chi connectivity index (χ1) is 5.15. The lowest BCUT2D eigenvalue weighted by Crippen LogP contribution is -2.36. The number of hydrogen-bond acceptors (Lipinski definition) is 1. The second-order valence-electron chi connectivity index (χ2n) is 2.68. The van der Waals surface area contributed by atoms with Crippen molar-refractivity contribution in [1.82, 2.24) is 4.57 Å². The predicted molar refractivity (Wildman–Crippen MR) is 47.7 cm³/mol. The highest BCUT2D eigenvalue weighted by atomic mass is 16.1. The smallest absolute Gasteiger partial charge is 0.243 e. The Morgan fingerprint density at radius 2 is 2.18 bits per heavy atom. The lowest BCUT2D eigenvalue weighted by atomic mass is 9.74. The molecule has 0 saturated heterocycles. The molecule has 0 spiro atoms. The van der Waals surface area contributed by atoms with Gasteiger partial charge in [0.15, 0.2) is 7.28 Å². The Labute approximate surface area is 67.1 Å². The van der Waals surface area contributed by atoms with Gasteiger partial charge in [0.05, 0.1) is 0 Å². The van der Waals surface area contributed by atoms with Gasteiger partial charge in [-0.15, -0.1) is 0 Å². The van der Waals surface area contributed by atoms with Crippen molar-refractivity contribution in [2.75, 3.05) is 0 Å². The van der Waals surface area contributed by atoms with Gasteiger partial charge in [-0.05, 0) is 17.9 Å². The molecule has 1 radical (unpaired) electrons. The second-order valence-corrected chi connectivity index (χ2v) is 2.68. The zero-order valence-electron chi connectivity index (χ0n) is 7.09. The molecule has 0 unspecified atom stereocenters. The third-order valence-corrected chi connectivity index (χ3v) is 1.66. The molecule has 0 atom stereocenters. The highest BCUT2D eigenvalue weighted by molar-refractivity contribution is 6.51. The lowest BCUT2D eigenvalue weighted by Gasteiger charge is -2.01. The number of nitrogens with zero attached hydrogens (tertiary/aromatic N) is 1. The standard InChI is InChI=1S/C8H11BNO/c1-6-4-7(9-2)8(11)10(3)5-6/h4-5H,1-3H3. The molecule has 0 aliphatic carbocycles. The van der Waals surface area contributed by atoms with Crippen LogP contribution in [0.1, 0.15) is 5.56 Å². The molecule has 0 aromatic carbocycles. The lowest BCUT2D eigenvalue weighted by molar-refractivity contribution is 0.860. The van der Waals surface area contributed by atoms with Gasteiger partial charge in [-0.2, -0.15) is 0 Å². The van der Waals surface area contributed by atoms with Gasteiger partial charge in [-0.1, -0.05) is 12.9 Å². The summed E-state index contributed by atoms with van der Waals surface area (Å²) in [5.74, 6) is 0. The Hall–Kier alpha value is -0.985. The largest absolute Gasteiger partial charge is 0.319 e. The van der Waals surface area contributed by atoms with Crippen LogP contribution in [0.25, 0.3) is 0 Å². The topological polar surface area (TPSA) is 22.0 Å². The van der Waals surface area contributed by atoms with E-state index in [1.807, 2.05) is 33.3 Å². The zero-order valence-corrected chi connectivity index (χ0v) is 7.09. The summed E-state index contributed by atoms with van der Waals surface area (Å²) in [7, 11) is 3.59. The molecule has 3 heteroatoms. The molecular formula is C8H11BNO. The molecule has 0 aliphatic heterocycles. The van der Waals surface area contributed by atoms with Gasteiger partial charge in [0, 0.05) is 13.2 Å². The van der Waals surface area contributed by atoms with Crippen LogP contribution in [0.5, 0.6) is 0 Å². The van der Waals surface area contributed by atoms with Crippen molar-refractivity contribution >= 4 is 12.7 Å². The summed E-state index contributed by atoms with van der Waals surface area (Å²) in [4.78, 5) is 11.3. The average Bonchev–Trinajstić information content (AvgIpc) is 1.96. The fourth-order valence-corrected chi connectivity index (χ4v) is 1.12. The van der Waals surface area contributed by atoms with Crippen molar-refractivity contribution in [3.63, 3.8) is 0 Å². The number of hydrogen-bond donors (Lipinski definition) is 0. The van der Waals surface area contributed by atoms with E-state index < -0.39 is 0 Å². The number of pyridine rings is 1. The van der Waals surface area contributed by atoms with E-state index in [-0.39, 0.29) is 5.56 Å². The molecule has 0 fully saturated rings. The minimum Gasteiger partial charge on any atom is -0.319 e. The van der Waals surface area contributed by atoms with Crippen molar-refractivity contribution in [2.24, 2.45) is 7.05 Å². The molecule has 0 bridgehead atoms. The predicted octanol–water partition coefficient (Wildman–Crippen LogP) is 0.0713. The maximum atomic E-state index is 11.3. The SMILES string of the molecule is C[B]c1cc(C)cn(C)c1=O. The third kappa shape index (κ3) is 1.53. The van der Waals surface area contributed by atoms with Crippen LogP contribution >= 0.6 is 0 Å². The van der Waals surface area contributed by atoms with E-state index in [4.69, 9.17) is 0 Å². The maximum absolute atomic E-state index is 11.3. The van der Waals surface area contributed by atoms with Crippen molar-refractivity contribution in [2.45, 2.75) is 13.7 Å². The summed E-state index contributed by atoms with van der Waals surface area (Å²) < 4.78 is 1.60. The molecule has 0 N–H and O–H groups in total. The Kier molecular flexibility index (Phi) is 2.18. The highest BCUT2D eigenvalue weighted by Crippen LogP contribution is 1.87. The summed E-state index contributed by atoms with van der Waals surface area (Å²) in [5, 5.41) is 0. The first-order valence-corrected chi connectivity index (χ1v) is 3.62. The van der Waals surface area contributed by atoms with E-state index in [1.165, 1.54) is 0 Å². The van der Waals surface area contributed by atoms with Crippen LogP contribution in [-0.2, 0) is 7.05 Å². The first kappa shape index (κ1) is 8.11. The normalized spacial score (nSPS) is 9.73. The minimum absolute atomic E-state index is 0.0677. The zero-order chi connectivity index (χ0) is 8.43. The highest BCUT2D eigenvalue weighted by Gasteiger charge is 1.99. The third-order valence-electron chi connectivity index (χ3n) is 1.66. The fraction of sp³-hybridized carbons (Fsp3) is 0.375. The molecule has 1 aromatic heterocycles. The summed E-state index contributed by atoms with van der Waals surface area (Å²) >= 11 is 0. The van der Waals surface area contributed by atoms with Gasteiger partial charge in [0.2, 0.25) is 5.56 Å². The minimum atomic E-state index is 0.0677. The maximum Gasteiger partial charge on any atom is 0.243 e. The quantitative estimate of drug-likeness (QED) is 0.516. The van der Waals surface area contributed by atoms with Crippen molar-refractivity contribution in [3.05, 3.63) is 28.2 Å². The Bertz CT molecular complexity index is 316. The monoisotopic (exact) mass is 148 g/mol. The van der Waals surface area contributed by atoms with E-state index in [2.05, 4.69) is 0 Å². The number of aromatic nitrogens is 1. The summed E-state index contributed by atoms with van der Waals surface area (Å²) in [6, 6.07) is 1.89. The van der Waals surface area contributed by atoms with E-state index in [1.54, 1.807) is 11.6 Å². The van der Waals surface area contributed by atoms with E-state index in [0.717, 1.165) is 11.0 Å². The molecule has 1 heterocycles. The van der Waals surface area contributed by atoms with Gasteiger partial charge in [-0.3, -0.25) is 4.79 Å². The molecule has 1 rings (SSSR count). The van der Waals surface area contributed by atoms with Gasteiger partial charge >= 0.3 is 0 Å². The van der Waals surface area contributed by atoms with E-state index in [0.29, 0.717) is 0 Å². The molecule has 1 aromatic rings. The molecule has 11 heavy (non-hydrogen) atoms. The van der Waals surface area contributed by atoms with Gasteiger partial charge in [-0.25, -0.2) is 0 Å². The van der Waals surface area contributed by atoms with Crippen LogP contribution in [0.4, 0.5) is 0 Å². The van der Waals surface area contributed by atoms with Crippen molar-refractivity contribution in [3.8, 4) is 0 Å². The Morgan fingerprint density at radius 1 is 1.55 bits per heavy atom. The summed E-state index contributed by atoms with van der Waals surface area (Å²) in [5.41, 5.74) is 1.95. The Balaban J connectivity index is 3.37. The fourth-order valence-electron chi connectivity index (χ4n) is 1.12. The molecule has 0 aliphatic rings. The van der Waals surface area contributed by atoms with Crippen molar-refractivity contribution in [1.29, 1.82) is 0 Å². The second kappa shape index (κ2) is 2.95. The van der Waals surface area contributed by atoms with Crippen LogP contribution in [0.15, 0.2) is 17.1 Å². The molecular weight excluding hydrogens is 137 g/mol. The molecule has 57 valence electrons. The van der Waals surface area contributed by atoms with Crippen LogP contribution in [0, 0.1) is 6.92 Å². The molecule has 0 amide bonds. The average molecular weight is 148 g/mol. The van der Waals surface area contributed by atoms with Gasteiger partial charge < -0.3 is 4.57 Å². The number of rotatable bonds is 1. The molecule has 0 saturated carbocycles. The van der Waals surface area contributed by atoms with Crippen LogP contribution < -0.4 is 11.0 Å². The summed E-state index contributed by atoms with van der Waals surface area (Å²) in [6.07, 6.45) is 1.83. The molecule has 2 nitrogen and oxygen atoms in total. The summed E-state index contributed by atoms with van der Waals surface area (Å²) in [6.45, 7) is 3.85. The van der Waals surface area contributed by atoms with E-state index in [9.17, 15) is 4.79 Å². The van der Waals surface area contributed by atoms with E-state index >= 15 is 0 Å². The van der Waals surface area contributed by atoms with Gasteiger partial charge in [0.25, 0.3) is 0 Å². The van der Waals surface area contributed by atoms with Gasteiger partial charge in [0.1, 0.15) is 0 Å². The van der Waals surface area contributed by atoms with Crippen molar-refractivity contribution < 1.29 is 0 Å². The first-order valence-electron chi connectivity index (χ1n) is 3.62. The Morgan fingerprint density at radius 3 is 2.73 bits per heavy atom. The van der Waals surface area contributed by atoms with Crippen LogP contribution in [-0.4, -0.2) is 11.8 Å². The van der Waals surface area contributed by atoms with Crippen LogP contribution in [0.2, 0.25) is 6.82 Å². The van der Waals surface area contributed by atoms with Crippen LogP contribution in [0.3, 0.4) is 0 Å².